The van der Waals surface area contributed by atoms with Crippen LogP contribution in [-0.4, -0.2) is 31.7 Å². The van der Waals surface area contributed by atoms with E-state index < -0.39 is 5.56 Å². The molecule has 1 fully saturated rings. The number of aromatic amines is 2. The first-order chi connectivity index (χ1) is 13.2. The average Bonchev–Trinajstić information content (AvgIpc) is 3.40. The third-order valence-electron chi connectivity index (χ3n) is 5.01. The third kappa shape index (κ3) is 3.75. The minimum atomic E-state index is -0.410. The van der Waals surface area contributed by atoms with Crippen LogP contribution in [-0.2, 0) is 0 Å². The highest BCUT2D eigenvalue weighted by atomic mass is 32.1. The monoisotopic (exact) mass is 381 g/mol. The molecule has 1 aliphatic carbocycles. The molecule has 3 aromatic heterocycles. The Bertz CT molecular complexity index is 980. The van der Waals surface area contributed by atoms with Gasteiger partial charge in [-0.3, -0.25) is 14.9 Å². The predicted molar refractivity (Wildman–Crippen MR) is 102 cm³/mol. The van der Waals surface area contributed by atoms with E-state index in [4.69, 9.17) is 0 Å². The Balaban J connectivity index is 1.42. The van der Waals surface area contributed by atoms with Gasteiger partial charge < -0.3 is 5.32 Å². The summed E-state index contributed by atoms with van der Waals surface area (Å²) in [4.78, 5) is 24.5. The normalized spacial score (nSPS) is 19.5. The number of nitriles is 1. The Labute approximate surface area is 159 Å². The summed E-state index contributed by atoms with van der Waals surface area (Å²) < 4.78 is 0. The van der Waals surface area contributed by atoms with Crippen LogP contribution in [0, 0.1) is 17.2 Å². The fourth-order valence-electron chi connectivity index (χ4n) is 3.54. The molecule has 0 radical (unpaired) electrons. The Morgan fingerprint density at radius 3 is 2.85 bits per heavy atom. The van der Waals surface area contributed by atoms with E-state index in [1.807, 2.05) is 23.6 Å². The molecule has 8 nitrogen and oxygen atoms in total. The van der Waals surface area contributed by atoms with Gasteiger partial charge in [-0.2, -0.15) is 10.4 Å². The van der Waals surface area contributed by atoms with Crippen molar-refractivity contribution >= 4 is 17.3 Å². The second kappa shape index (κ2) is 7.72. The average molecular weight is 381 g/mol. The Hall–Kier alpha value is -2.99. The molecule has 0 aliphatic heterocycles. The Morgan fingerprint density at radius 1 is 1.33 bits per heavy atom. The number of H-pyrrole nitrogens is 2. The van der Waals surface area contributed by atoms with Gasteiger partial charge in [-0.15, -0.1) is 11.3 Å². The van der Waals surface area contributed by atoms with Crippen LogP contribution >= 0.6 is 11.3 Å². The minimum Gasteiger partial charge on any atom is -0.355 e. The molecule has 0 aromatic carbocycles. The van der Waals surface area contributed by atoms with E-state index in [1.165, 1.54) is 11.3 Å². The van der Waals surface area contributed by atoms with Gasteiger partial charge in [0.05, 0.1) is 4.88 Å². The van der Waals surface area contributed by atoms with E-state index in [1.54, 1.807) is 6.33 Å². The fourth-order valence-corrected chi connectivity index (χ4v) is 4.27. The molecule has 0 spiro atoms. The van der Waals surface area contributed by atoms with Crippen LogP contribution in [0.15, 0.2) is 28.6 Å². The minimum absolute atomic E-state index is 0.0514. The highest BCUT2D eigenvalue weighted by molar-refractivity contribution is 7.13. The first kappa shape index (κ1) is 17.4. The number of hydrogen-bond acceptors (Lipinski definition) is 7. The van der Waals surface area contributed by atoms with E-state index in [0.717, 1.165) is 42.9 Å². The van der Waals surface area contributed by atoms with Gasteiger partial charge in [0.25, 0.3) is 5.56 Å². The lowest BCUT2D eigenvalue weighted by molar-refractivity contribution is 0.331. The summed E-state index contributed by atoms with van der Waals surface area (Å²) in [6.45, 7) is 0.738. The van der Waals surface area contributed by atoms with Crippen molar-refractivity contribution in [3.05, 3.63) is 45.6 Å². The zero-order valence-corrected chi connectivity index (χ0v) is 15.4. The Kier molecular flexibility index (Phi) is 4.98. The van der Waals surface area contributed by atoms with Gasteiger partial charge in [0.15, 0.2) is 0 Å². The van der Waals surface area contributed by atoms with Crippen LogP contribution in [0.2, 0.25) is 0 Å². The van der Waals surface area contributed by atoms with E-state index in [-0.39, 0.29) is 5.56 Å². The molecule has 0 saturated heterocycles. The molecule has 0 bridgehead atoms. The molecule has 3 N–H and O–H groups in total. The number of anilines is 1. The van der Waals surface area contributed by atoms with Gasteiger partial charge in [-0.25, -0.2) is 9.97 Å². The maximum absolute atomic E-state index is 12.2. The second-order valence-corrected chi connectivity index (χ2v) is 7.64. The van der Waals surface area contributed by atoms with Crippen molar-refractivity contribution in [2.75, 3.05) is 11.9 Å². The van der Waals surface area contributed by atoms with Crippen molar-refractivity contribution in [1.29, 1.82) is 5.26 Å². The lowest BCUT2D eigenvalue weighted by Gasteiger charge is -2.27. The zero-order chi connectivity index (χ0) is 18.6. The molecule has 4 rings (SSSR count). The van der Waals surface area contributed by atoms with E-state index in [9.17, 15) is 10.1 Å². The van der Waals surface area contributed by atoms with Crippen molar-refractivity contribution < 1.29 is 0 Å². The van der Waals surface area contributed by atoms with E-state index in [2.05, 4.69) is 30.5 Å². The predicted octanol–water partition coefficient (Wildman–Crippen LogP) is 2.87. The van der Waals surface area contributed by atoms with Crippen LogP contribution in [0.3, 0.4) is 0 Å². The van der Waals surface area contributed by atoms with Gasteiger partial charge in [0.2, 0.25) is 5.95 Å². The molecule has 0 atom stereocenters. The van der Waals surface area contributed by atoms with Crippen LogP contribution < -0.4 is 10.9 Å². The lowest BCUT2D eigenvalue weighted by Crippen LogP contribution is -2.23. The summed E-state index contributed by atoms with van der Waals surface area (Å²) in [7, 11) is 0. The summed E-state index contributed by atoms with van der Waals surface area (Å²) in [6.07, 6.45) is 5.85. The molecule has 0 unspecified atom stereocenters. The standard InChI is InChI=1S/C18H19N7OS/c19-8-13-15(14-2-1-7-27-14)23-18(24-17(13)26)20-9-11-3-5-12(6-4-11)16-21-10-22-25-16/h1-2,7,10-12H,3-6,9H2,(H,21,22,25)(H2,20,23,24,26). The number of thiophene rings is 1. The summed E-state index contributed by atoms with van der Waals surface area (Å²) in [5.74, 6) is 2.34. The highest BCUT2D eigenvalue weighted by Crippen LogP contribution is 2.34. The van der Waals surface area contributed by atoms with Gasteiger partial charge in [-0.1, -0.05) is 6.07 Å². The maximum Gasteiger partial charge on any atom is 0.270 e. The van der Waals surface area contributed by atoms with Gasteiger partial charge >= 0.3 is 0 Å². The smallest absolute Gasteiger partial charge is 0.270 e. The van der Waals surface area contributed by atoms with Gasteiger partial charge in [0, 0.05) is 12.5 Å². The van der Waals surface area contributed by atoms with Crippen molar-refractivity contribution in [3.8, 4) is 16.6 Å². The molecule has 3 heterocycles. The molecule has 27 heavy (non-hydrogen) atoms. The molecule has 1 saturated carbocycles. The fraction of sp³-hybridized carbons (Fsp3) is 0.389. The van der Waals surface area contributed by atoms with Crippen LogP contribution in [0.25, 0.3) is 10.6 Å². The number of hydrogen-bond donors (Lipinski definition) is 3. The van der Waals surface area contributed by atoms with Gasteiger partial charge in [-0.05, 0) is 43.0 Å². The summed E-state index contributed by atoms with van der Waals surface area (Å²) in [6, 6.07) is 5.70. The molecule has 3 aromatic rings. The molecule has 0 amide bonds. The number of nitrogens with one attached hydrogen (secondary N) is 3. The maximum atomic E-state index is 12.2. The highest BCUT2D eigenvalue weighted by Gasteiger charge is 2.24. The van der Waals surface area contributed by atoms with Crippen molar-refractivity contribution in [3.63, 3.8) is 0 Å². The first-order valence-corrected chi connectivity index (χ1v) is 9.80. The molecule has 9 heteroatoms. The Morgan fingerprint density at radius 2 is 2.19 bits per heavy atom. The number of rotatable bonds is 5. The zero-order valence-electron chi connectivity index (χ0n) is 14.6. The van der Waals surface area contributed by atoms with Crippen molar-refractivity contribution in [1.82, 2.24) is 25.1 Å². The van der Waals surface area contributed by atoms with Crippen LogP contribution in [0.1, 0.15) is 43.0 Å². The molecular weight excluding hydrogens is 362 g/mol. The lowest BCUT2D eigenvalue weighted by atomic mass is 9.81. The quantitative estimate of drug-likeness (QED) is 0.624. The topological polar surface area (TPSA) is 123 Å². The van der Waals surface area contributed by atoms with Gasteiger partial charge in [0.1, 0.15) is 29.5 Å². The second-order valence-electron chi connectivity index (χ2n) is 6.70. The third-order valence-corrected chi connectivity index (χ3v) is 5.89. The molecule has 1 aliphatic rings. The van der Waals surface area contributed by atoms with Crippen molar-refractivity contribution in [2.24, 2.45) is 5.92 Å². The number of aromatic nitrogens is 5. The largest absolute Gasteiger partial charge is 0.355 e. The number of nitrogens with zero attached hydrogens (tertiary/aromatic N) is 4. The SMILES string of the molecule is N#Cc1c(-c2cccs2)nc(NCC2CCC(c3ncn[nH]3)CC2)[nH]c1=O. The van der Waals surface area contributed by atoms with Crippen molar-refractivity contribution in [2.45, 2.75) is 31.6 Å². The molecular formula is C18H19N7OS. The molecule has 138 valence electrons. The summed E-state index contributed by atoms with van der Waals surface area (Å²) in [5.41, 5.74) is 0.0794. The van der Waals surface area contributed by atoms with Crippen LogP contribution in [0.4, 0.5) is 5.95 Å². The van der Waals surface area contributed by atoms with E-state index >= 15 is 0 Å². The van der Waals surface area contributed by atoms with E-state index in [0.29, 0.717) is 23.5 Å². The summed E-state index contributed by atoms with van der Waals surface area (Å²) >= 11 is 1.46. The summed E-state index contributed by atoms with van der Waals surface area (Å²) in [5, 5.41) is 21.3. The first-order valence-electron chi connectivity index (χ1n) is 8.92. The van der Waals surface area contributed by atoms with Crippen LogP contribution in [0.5, 0.6) is 0 Å².